The van der Waals surface area contributed by atoms with E-state index in [2.05, 4.69) is 5.32 Å². The fourth-order valence-corrected chi connectivity index (χ4v) is 2.47. The summed E-state index contributed by atoms with van der Waals surface area (Å²) in [7, 11) is 1.57. The number of hydrogen-bond donors (Lipinski definition) is 1. The molecule has 0 aliphatic heterocycles. The van der Waals surface area contributed by atoms with Gasteiger partial charge < -0.3 is 14.8 Å². The average molecular weight is 377 g/mol. The molecule has 0 aliphatic rings. The highest BCUT2D eigenvalue weighted by atomic mass is 19.1. The number of benzene rings is 2. The van der Waals surface area contributed by atoms with E-state index in [1.807, 2.05) is 12.1 Å². The quantitative estimate of drug-likeness (QED) is 0.717. The van der Waals surface area contributed by atoms with Crippen LogP contribution in [0.4, 0.5) is 8.78 Å². The molecule has 0 unspecified atom stereocenters. The normalized spacial score (nSPS) is 11.6. The van der Waals surface area contributed by atoms with E-state index in [1.165, 1.54) is 6.07 Å². The molecule has 0 fully saturated rings. The van der Waals surface area contributed by atoms with Crippen LogP contribution >= 0.6 is 0 Å². The number of carbonyl (C=O) groups is 2. The van der Waals surface area contributed by atoms with E-state index in [0.29, 0.717) is 6.42 Å². The maximum absolute atomic E-state index is 13.7. The van der Waals surface area contributed by atoms with Crippen molar-refractivity contribution < 1.29 is 27.8 Å². The maximum Gasteiger partial charge on any atom is 0.306 e. The van der Waals surface area contributed by atoms with Gasteiger partial charge in [-0.05, 0) is 37.1 Å². The summed E-state index contributed by atoms with van der Waals surface area (Å²) in [6, 6.07) is 9.72. The Hall–Kier alpha value is -2.96. The van der Waals surface area contributed by atoms with E-state index >= 15 is 0 Å². The summed E-state index contributed by atoms with van der Waals surface area (Å²) < 4.78 is 36.6. The second kappa shape index (κ2) is 9.66. The molecule has 2 aromatic carbocycles. The highest BCUT2D eigenvalue weighted by molar-refractivity contribution is 5.80. The smallest absolute Gasteiger partial charge is 0.306 e. The molecule has 0 saturated carbocycles. The molecule has 0 aliphatic carbocycles. The standard InChI is InChI=1S/C20H21F2NO4/c1-13(17-9-6-15(21)11-18(17)22)23-19(24)12-27-20(25)10-5-14-3-7-16(26-2)8-4-14/h3-4,6-9,11,13H,5,10,12H2,1-2H3,(H,23,24)/t13-/m0/s1. The van der Waals surface area contributed by atoms with Gasteiger partial charge >= 0.3 is 5.97 Å². The summed E-state index contributed by atoms with van der Waals surface area (Å²) in [6.45, 7) is 1.09. The summed E-state index contributed by atoms with van der Waals surface area (Å²) in [5.74, 6) is -1.80. The van der Waals surface area contributed by atoms with Gasteiger partial charge in [0.05, 0.1) is 13.2 Å². The third kappa shape index (κ3) is 6.36. The molecule has 2 rings (SSSR count). The summed E-state index contributed by atoms with van der Waals surface area (Å²) in [5.41, 5.74) is 1.09. The predicted octanol–water partition coefficient (Wildman–Crippen LogP) is 3.33. The largest absolute Gasteiger partial charge is 0.497 e. The second-order valence-electron chi connectivity index (χ2n) is 5.96. The van der Waals surface area contributed by atoms with Gasteiger partial charge in [-0.3, -0.25) is 9.59 Å². The van der Waals surface area contributed by atoms with Crippen LogP contribution in [0.2, 0.25) is 0 Å². The molecular weight excluding hydrogens is 356 g/mol. The van der Waals surface area contributed by atoms with Crippen LogP contribution in [-0.2, 0) is 20.7 Å². The molecule has 0 aromatic heterocycles. The van der Waals surface area contributed by atoms with Crippen molar-refractivity contribution in [2.45, 2.75) is 25.8 Å². The van der Waals surface area contributed by atoms with Crippen LogP contribution in [0.5, 0.6) is 5.75 Å². The van der Waals surface area contributed by atoms with Gasteiger partial charge in [0.2, 0.25) is 0 Å². The lowest BCUT2D eigenvalue weighted by Crippen LogP contribution is -2.31. The molecule has 1 amide bonds. The molecule has 0 saturated heterocycles. The van der Waals surface area contributed by atoms with E-state index in [1.54, 1.807) is 26.2 Å². The van der Waals surface area contributed by atoms with Crippen molar-refractivity contribution in [1.82, 2.24) is 5.32 Å². The van der Waals surface area contributed by atoms with Gasteiger partial charge in [-0.25, -0.2) is 8.78 Å². The van der Waals surface area contributed by atoms with Crippen LogP contribution < -0.4 is 10.1 Å². The minimum absolute atomic E-state index is 0.127. The third-order valence-corrected chi connectivity index (χ3v) is 3.95. The van der Waals surface area contributed by atoms with Gasteiger partial charge in [0.15, 0.2) is 6.61 Å². The Labute approximate surface area is 156 Å². The van der Waals surface area contributed by atoms with Crippen LogP contribution in [0.25, 0.3) is 0 Å². The molecule has 0 radical (unpaired) electrons. The van der Waals surface area contributed by atoms with Crippen molar-refractivity contribution >= 4 is 11.9 Å². The highest BCUT2D eigenvalue weighted by Gasteiger charge is 2.15. The number of carbonyl (C=O) groups excluding carboxylic acids is 2. The Morgan fingerprint density at radius 1 is 1.11 bits per heavy atom. The van der Waals surface area contributed by atoms with Crippen molar-refractivity contribution in [3.8, 4) is 5.75 Å². The van der Waals surface area contributed by atoms with Gasteiger partial charge in [-0.2, -0.15) is 0 Å². The van der Waals surface area contributed by atoms with Crippen molar-refractivity contribution in [1.29, 1.82) is 0 Å². The molecule has 2 aromatic rings. The first-order valence-electron chi connectivity index (χ1n) is 8.42. The first kappa shape index (κ1) is 20.4. The number of nitrogens with one attached hydrogen (secondary N) is 1. The number of halogens is 2. The van der Waals surface area contributed by atoms with Gasteiger partial charge in [0, 0.05) is 18.1 Å². The third-order valence-electron chi connectivity index (χ3n) is 3.95. The van der Waals surface area contributed by atoms with E-state index in [4.69, 9.17) is 9.47 Å². The van der Waals surface area contributed by atoms with Gasteiger partial charge in [0.25, 0.3) is 5.91 Å². The van der Waals surface area contributed by atoms with Crippen LogP contribution in [0.3, 0.4) is 0 Å². The van der Waals surface area contributed by atoms with E-state index in [0.717, 1.165) is 23.4 Å². The molecule has 0 heterocycles. The zero-order valence-corrected chi connectivity index (χ0v) is 15.1. The Balaban J connectivity index is 1.74. The van der Waals surface area contributed by atoms with Gasteiger partial charge in [-0.1, -0.05) is 18.2 Å². The zero-order chi connectivity index (χ0) is 19.8. The van der Waals surface area contributed by atoms with Crippen LogP contribution in [0.1, 0.15) is 30.5 Å². The zero-order valence-electron chi connectivity index (χ0n) is 15.1. The monoisotopic (exact) mass is 377 g/mol. The fraction of sp³-hybridized carbons (Fsp3) is 0.300. The number of hydrogen-bond acceptors (Lipinski definition) is 4. The molecule has 0 bridgehead atoms. The molecule has 0 spiro atoms. The topological polar surface area (TPSA) is 64.6 Å². The lowest BCUT2D eigenvalue weighted by atomic mass is 10.1. The maximum atomic E-state index is 13.7. The van der Waals surface area contributed by atoms with Crippen molar-refractivity contribution in [3.05, 3.63) is 65.2 Å². The average Bonchev–Trinajstić information content (AvgIpc) is 2.65. The Kier molecular flexibility index (Phi) is 7.28. The van der Waals surface area contributed by atoms with Gasteiger partial charge in [-0.15, -0.1) is 0 Å². The van der Waals surface area contributed by atoms with Crippen molar-refractivity contribution in [3.63, 3.8) is 0 Å². The summed E-state index contributed by atoms with van der Waals surface area (Å²) in [6.07, 6.45) is 0.601. The predicted molar refractivity (Wildman–Crippen MR) is 95.2 cm³/mol. The first-order valence-corrected chi connectivity index (χ1v) is 8.42. The van der Waals surface area contributed by atoms with Gasteiger partial charge in [0.1, 0.15) is 17.4 Å². The number of rotatable bonds is 8. The molecule has 27 heavy (non-hydrogen) atoms. The van der Waals surface area contributed by atoms with E-state index < -0.39 is 36.2 Å². The second-order valence-corrected chi connectivity index (χ2v) is 5.96. The fourth-order valence-electron chi connectivity index (χ4n) is 2.47. The number of esters is 1. The number of amides is 1. The number of ether oxygens (including phenoxy) is 2. The molecule has 5 nitrogen and oxygen atoms in total. The number of methoxy groups -OCH3 is 1. The first-order chi connectivity index (χ1) is 12.9. The Bertz CT molecular complexity index is 793. The highest BCUT2D eigenvalue weighted by Crippen LogP contribution is 2.17. The Morgan fingerprint density at radius 3 is 2.44 bits per heavy atom. The van der Waals surface area contributed by atoms with E-state index in [-0.39, 0.29) is 12.0 Å². The molecule has 1 N–H and O–H groups in total. The van der Waals surface area contributed by atoms with Crippen LogP contribution in [0, 0.1) is 11.6 Å². The molecular formula is C20H21F2NO4. The lowest BCUT2D eigenvalue weighted by molar-refractivity contribution is -0.148. The van der Waals surface area contributed by atoms with Crippen molar-refractivity contribution in [2.75, 3.05) is 13.7 Å². The van der Waals surface area contributed by atoms with Crippen LogP contribution in [-0.4, -0.2) is 25.6 Å². The summed E-state index contributed by atoms with van der Waals surface area (Å²) >= 11 is 0. The molecule has 1 atom stereocenters. The minimum Gasteiger partial charge on any atom is -0.497 e. The number of aryl methyl sites for hydroxylation is 1. The molecule has 7 heteroatoms. The Morgan fingerprint density at radius 2 is 1.81 bits per heavy atom. The summed E-state index contributed by atoms with van der Waals surface area (Å²) in [5, 5.41) is 2.51. The lowest BCUT2D eigenvalue weighted by Gasteiger charge is -2.15. The van der Waals surface area contributed by atoms with E-state index in [9.17, 15) is 18.4 Å². The molecule has 144 valence electrons. The minimum atomic E-state index is -0.751. The van der Waals surface area contributed by atoms with Crippen LogP contribution in [0.15, 0.2) is 42.5 Å². The SMILES string of the molecule is COc1ccc(CCC(=O)OCC(=O)N[C@@H](C)c2ccc(F)cc2F)cc1. The van der Waals surface area contributed by atoms with Crippen molar-refractivity contribution in [2.24, 2.45) is 0 Å². The summed E-state index contributed by atoms with van der Waals surface area (Å²) in [4.78, 5) is 23.6.